The molecule has 0 fully saturated rings. The first kappa shape index (κ1) is 18.4. The summed E-state index contributed by atoms with van der Waals surface area (Å²) in [4.78, 5) is 23.5. The van der Waals surface area contributed by atoms with Gasteiger partial charge < -0.3 is 14.8 Å². The van der Waals surface area contributed by atoms with Crippen molar-refractivity contribution < 1.29 is 19.1 Å². The Morgan fingerprint density at radius 3 is 2.41 bits per heavy atom. The molecular formula is C20H21N3O4. The van der Waals surface area contributed by atoms with E-state index in [0.717, 1.165) is 24.4 Å². The van der Waals surface area contributed by atoms with Crippen molar-refractivity contribution in [1.82, 2.24) is 0 Å². The summed E-state index contributed by atoms with van der Waals surface area (Å²) in [5.41, 5.74) is 3.27. The number of methoxy groups -OCH3 is 1. The van der Waals surface area contributed by atoms with Gasteiger partial charge in [-0.3, -0.25) is 9.80 Å². The topological polar surface area (TPSA) is 80.2 Å². The Hall–Kier alpha value is -3.35. The predicted octanol–water partition coefficient (Wildman–Crippen LogP) is 3.08. The van der Waals surface area contributed by atoms with Gasteiger partial charge in [0.25, 0.3) is 5.91 Å². The third kappa shape index (κ3) is 4.84. The van der Waals surface area contributed by atoms with E-state index in [0.29, 0.717) is 17.0 Å². The fourth-order valence-corrected chi connectivity index (χ4v) is 2.58. The van der Waals surface area contributed by atoms with Crippen molar-refractivity contribution in [3.05, 3.63) is 54.1 Å². The van der Waals surface area contributed by atoms with Gasteiger partial charge in [-0.15, -0.1) is 0 Å². The van der Waals surface area contributed by atoms with Crippen LogP contribution >= 0.6 is 0 Å². The summed E-state index contributed by atoms with van der Waals surface area (Å²) in [5.74, 6) is -0.138. The molecule has 1 N–H and O–H groups in total. The van der Waals surface area contributed by atoms with Crippen LogP contribution in [0.4, 0.5) is 11.4 Å². The van der Waals surface area contributed by atoms with Gasteiger partial charge in [0, 0.05) is 29.9 Å². The van der Waals surface area contributed by atoms with Crippen LogP contribution in [-0.2, 0) is 9.53 Å². The van der Waals surface area contributed by atoms with Gasteiger partial charge in [-0.05, 0) is 55.5 Å². The van der Waals surface area contributed by atoms with Crippen molar-refractivity contribution in [3.8, 4) is 5.75 Å². The maximum atomic E-state index is 12.4. The number of carbonyl (C=O) groups excluding carboxylic acids is 2. The van der Waals surface area contributed by atoms with Gasteiger partial charge in [0.2, 0.25) is 0 Å². The van der Waals surface area contributed by atoms with E-state index in [4.69, 9.17) is 4.74 Å². The quantitative estimate of drug-likeness (QED) is 0.794. The summed E-state index contributed by atoms with van der Waals surface area (Å²) < 4.78 is 9.78. The number of carbonyl (C=O) groups is 2. The SMILES string of the molecule is COC(=O)COc1ccc(NC(=O)c2ccc(N3CCC(C)=N3)cc2)cc1. The van der Waals surface area contributed by atoms with Gasteiger partial charge in [-0.1, -0.05) is 0 Å². The molecule has 7 heteroatoms. The Balaban J connectivity index is 1.57. The van der Waals surface area contributed by atoms with Crippen LogP contribution in [0.2, 0.25) is 0 Å². The number of anilines is 2. The van der Waals surface area contributed by atoms with Gasteiger partial charge in [-0.2, -0.15) is 5.10 Å². The van der Waals surface area contributed by atoms with E-state index < -0.39 is 5.97 Å². The first-order valence-corrected chi connectivity index (χ1v) is 8.58. The smallest absolute Gasteiger partial charge is 0.343 e. The Morgan fingerprint density at radius 1 is 1.11 bits per heavy atom. The highest BCUT2D eigenvalue weighted by atomic mass is 16.6. The second-order valence-electron chi connectivity index (χ2n) is 6.10. The van der Waals surface area contributed by atoms with Gasteiger partial charge in [0.05, 0.1) is 12.8 Å². The minimum Gasteiger partial charge on any atom is -0.482 e. The van der Waals surface area contributed by atoms with Crippen molar-refractivity contribution in [2.24, 2.45) is 5.10 Å². The molecule has 1 heterocycles. The maximum Gasteiger partial charge on any atom is 0.343 e. The van der Waals surface area contributed by atoms with E-state index in [9.17, 15) is 9.59 Å². The number of nitrogens with zero attached hydrogens (tertiary/aromatic N) is 2. The van der Waals surface area contributed by atoms with E-state index in [-0.39, 0.29) is 12.5 Å². The Morgan fingerprint density at radius 2 is 1.81 bits per heavy atom. The molecule has 1 amide bonds. The highest BCUT2D eigenvalue weighted by Gasteiger charge is 2.13. The number of nitrogens with one attached hydrogen (secondary N) is 1. The van der Waals surface area contributed by atoms with Crippen LogP contribution in [0.15, 0.2) is 53.6 Å². The first-order valence-electron chi connectivity index (χ1n) is 8.58. The van der Waals surface area contributed by atoms with Crippen LogP contribution < -0.4 is 15.1 Å². The number of benzene rings is 2. The van der Waals surface area contributed by atoms with E-state index in [1.54, 1.807) is 36.4 Å². The van der Waals surface area contributed by atoms with Gasteiger partial charge in [0.15, 0.2) is 6.61 Å². The molecule has 0 bridgehead atoms. The second-order valence-corrected chi connectivity index (χ2v) is 6.10. The average Bonchev–Trinajstić information content (AvgIpc) is 3.13. The Labute approximate surface area is 157 Å². The monoisotopic (exact) mass is 367 g/mol. The molecule has 2 aromatic rings. The van der Waals surface area contributed by atoms with Crippen LogP contribution in [-0.4, -0.2) is 37.8 Å². The lowest BCUT2D eigenvalue weighted by atomic mass is 10.2. The van der Waals surface area contributed by atoms with Gasteiger partial charge in [-0.25, -0.2) is 4.79 Å². The van der Waals surface area contributed by atoms with E-state index in [2.05, 4.69) is 15.2 Å². The fraction of sp³-hybridized carbons (Fsp3) is 0.250. The number of rotatable bonds is 6. The zero-order valence-corrected chi connectivity index (χ0v) is 15.3. The lowest BCUT2D eigenvalue weighted by Gasteiger charge is -2.14. The number of hydrogen-bond donors (Lipinski definition) is 1. The summed E-state index contributed by atoms with van der Waals surface area (Å²) in [6.07, 6.45) is 0.960. The zero-order chi connectivity index (χ0) is 19.2. The molecule has 27 heavy (non-hydrogen) atoms. The molecule has 1 aliphatic rings. The zero-order valence-electron chi connectivity index (χ0n) is 15.3. The Bertz CT molecular complexity index is 845. The molecule has 3 rings (SSSR count). The molecular weight excluding hydrogens is 346 g/mol. The molecule has 140 valence electrons. The molecule has 0 atom stereocenters. The van der Waals surface area contributed by atoms with Crippen molar-refractivity contribution in [3.63, 3.8) is 0 Å². The summed E-state index contributed by atoms with van der Waals surface area (Å²) in [5, 5.41) is 9.21. The van der Waals surface area contributed by atoms with Crippen molar-refractivity contribution in [2.45, 2.75) is 13.3 Å². The fourth-order valence-electron chi connectivity index (χ4n) is 2.58. The van der Waals surface area contributed by atoms with Gasteiger partial charge >= 0.3 is 5.97 Å². The molecule has 0 aliphatic carbocycles. The molecule has 0 unspecified atom stereocenters. The summed E-state index contributed by atoms with van der Waals surface area (Å²) in [6, 6.07) is 14.1. The summed E-state index contributed by atoms with van der Waals surface area (Å²) in [7, 11) is 1.30. The minimum atomic E-state index is -0.453. The third-order valence-electron chi connectivity index (χ3n) is 4.10. The van der Waals surface area contributed by atoms with Crippen LogP contribution in [0.1, 0.15) is 23.7 Å². The summed E-state index contributed by atoms with van der Waals surface area (Å²) >= 11 is 0. The van der Waals surface area contributed by atoms with Crippen LogP contribution in [0, 0.1) is 0 Å². The first-order chi connectivity index (χ1) is 13.0. The number of amides is 1. The maximum absolute atomic E-state index is 12.4. The summed E-state index contributed by atoms with van der Waals surface area (Å²) in [6.45, 7) is 2.71. The molecule has 1 aliphatic heterocycles. The molecule has 0 aromatic heterocycles. The molecule has 2 aromatic carbocycles. The highest BCUT2D eigenvalue weighted by Crippen LogP contribution is 2.21. The lowest BCUT2D eigenvalue weighted by molar-refractivity contribution is -0.142. The van der Waals surface area contributed by atoms with Crippen LogP contribution in [0.5, 0.6) is 5.75 Å². The minimum absolute atomic E-state index is 0.158. The normalized spacial score (nSPS) is 13.1. The average molecular weight is 367 g/mol. The standard InChI is InChI=1S/C20H21N3O4/c1-14-11-12-23(22-14)17-7-3-15(4-8-17)20(25)21-16-5-9-18(10-6-16)27-13-19(24)26-2/h3-10H,11-13H2,1-2H3,(H,21,25). The van der Waals surface area contributed by atoms with E-state index in [1.807, 2.05) is 24.1 Å². The van der Waals surface area contributed by atoms with Gasteiger partial charge in [0.1, 0.15) is 5.75 Å². The number of hydrazone groups is 1. The molecule has 0 saturated heterocycles. The third-order valence-corrected chi connectivity index (χ3v) is 4.10. The molecule has 7 nitrogen and oxygen atoms in total. The Kier molecular flexibility index (Phi) is 5.71. The lowest BCUT2D eigenvalue weighted by Crippen LogP contribution is -2.14. The highest BCUT2D eigenvalue weighted by molar-refractivity contribution is 6.04. The van der Waals surface area contributed by atoms with Crippen molar-refractivity contribution in [2.75, 3.05) is 30.6 Å². The molecule has 0 saturated carbocycles. The van der Waals surface area contributed by atoms with E-state index >= 15 is 0 Å². The number of esters is 1. The molecule has 0 radical (unpaired) electrons. The number of ether oxygens (including phenoxy) is 2. The molecule has 0 spiro atoms. The van der Waals surface area contributed by atoms with Crippen LogP contribution in [0.3, 0.4) is 0 Å². The van der Waals surface area contributed by atoms with Crippen molar-refractivity contribution in [1.29, 1.82) is 0 Å². The predicted molar refractivity (Wildman–Crippen MR) is 103 cm³/mol. The second kappa shape index (κ2) is 8.35. The van der Waals surface area contributed by atoms with Crippen molar-refractivity contribution >= 4 is 29.0 Å². The largest absolute Gasteiger partial charge is 0.482 e. The van der Waals surface area contributed by atoms with Crippen LogP contribution in [0.25, 0.3) is 0 Å². The number of hydrogen-bond acceptors (Lipinski definition) is 6. The van der Waals surface area contributed by atoms with E-state index in [1.165, 1.54) is 7.11 Å².